The number of hydrogen-bond acceptors (Lipinski definition) is 3. The Labute approximate surface area is 127 Å². The lowest BCUT2D eigenvalue weighted by Gasteiger charge is -2.17. The van der Waals surface area contributed by atoms with Crippen molar-refractivity contribution in [1.29, 1.82) is 0 Å². The number of hydrogen-bond donors (Lipinski definition) is 1. The molecule has 0 aliphatic carbocycles. The van der Waals surface area contributed by atoms with Crippen molar-refractivity contribution in [2.45, 2.75) is 26.7 Å². The lowest BCUT2D eigenvalue weighted by atomic mass is 10.3. The van der Waals surface area contributed by atoms with Gasteiger partial charge in [0.1, 0.15) is 5.75 Å². The average molecular weight is 294 g/mol. The van der Waals surface area contributed by atoms with Crippen molar-refractivity contribution in [3.05, 3.63) is 24.3 Å². The summed E-state index contributed by atoms with van der Waals surface area (Å²) in [6.07, 6.45) is 1.18. The highest BCUT2D eigenvalue weighted by atomic mass is 16.5. The molecule has 0 aliphatic heterocycles. The highest BCUT2D eigenvalue weighted by molar-refractivity contribution is 5.85. The number of amides is 1. The van der Waals surface area contributed by atoms with E-state index in [1.165, 1.54) is 11.9 Å². The Balaban J connectivity index is 2.28. The SMILES string of the molecule is CCN(CC)CCCCOc1ccc(N(C)C(=O)O)cc1. The molecule has 0 unspecified atom stereocenters. The monoisotopic (exact) mass is 294 g/mol. The van der Waals surface area contributed by atoms with Gasteiger partial charge in [0.15, 0.2) is 0 Å². The van der Waals surface area contributed by atoms with E-state index in [1.807, 2.05) is 0 Å². The van der Waals surface area contributed by atoms with Crippen molar-refractivity contribution in [2.24, 2.45) is 0 Å². The molecular weight excluding hydrogens is 268 g/mol. The number of nitrogens with zero attached hydrogens (tertiary/aromatic N) is 2. The first-order chi connectivity index (χ1) is 10.1. The van der Waals surface area contributed by atoms with Gasteiger partial charge in [0, 0.05) is 12.7 Å². The van der Waals surface area contributed by atoms with Gasteiger partial charge in [0.05, 0.1) is 6.61 Å². The van der Waals surface area contributed by atoms with Crippen molar-refractivity contribution in [2.75, 3.05) is 38.2 Å². The van der Waals surface area contributed by atoms with Gasteiger partial charge in [-0.3, -0.25) is 4.90 Å². The first kappa shape index (κ1) is 17.3. The summed E-state index contributed by atoms with van der Waals surface area (Å²) in [6, 6.07) is 7.11. The highest BCUT2D eigenvalue weighted by Gasteiger charge is 2.07. The molecule has 1 rings (SSSR count). The fourth-order valence-electron chi connectivity index (χ4n) is 2.04. The molecule has 1 N–H and O–H groups in total. The molecule has 1 aromatic carbocycles. The third kappa shape index (κ3) is 6.04. The first-order valence-electron chi connectivity index (χ1n) is 7.50. The summed E-state index contributed by atoms with van der Waals surface area (Å²) in [5, 5.41) is 8.88. The van der Waals surface area contributed by atoms with Crippen LogP contribution in [-0.4, -0.2) is 49.4 Å². The molecule has 21 heavy (non-hydrogen) atoms. The second kappa shape index (κ2) is 9.23. The number of rotatable bonds is 9. The molecule has 0 fully saturated rings. The Morgan fingerprint density at radius 3 is 2.29 bits per heavy atom. The van der Waals surface area contributed by atoms with E-state index in [1.54, 1.807) is 24.3 Å². The second-order valence-corrected chi connectivity index (χ2v) is 4.92. The smallest absolute Gasteiger partial charge is 0.411 e. The van der Waals surface area contributed by atoms with Crippen LogP contribution in [0.15, 0.2) is 24.3 Å². The van der Waals surface area contributed by atoms with Gasteiger partial charge in [-0.15, -0.1) is 0 Å². The third-order valence-corrected chi connectivity index (χ3v) is 3.54. The molecule has 1 aromatic rings. The predicted octanol–water partition coefficient (Wildman–Crippen LogP) is 3.30. The summed E-state index contributed by atoms with van der Waals surface area (Å²) < 4.78 is 5.67. The zero-order valence-electron chi connectivity index (χ0n) is 13.2. The quantitative estimate of drug-likeness (QED) is 0.710. The van der Waals surface area contributed by atoms with Crippen molar-refractivity contribution >= 4 is 11.8 Å². The van der Waals surface area contributed by atoms with Crippen LogP contribution in [0.5, 0.6) is 5.75 Å². The van der Waals surface area contributed by atoms with Gasteiger partial charge in [0.2, 0.25) is 0 Å². The van der Waals surface area contributed by atoms with Gasteiger partial charge in [-0.05, 0) is 56.7 Å². The van der Waals surface area contributed by atoms with Crippen LogP contribution in [0, 0.1) is 0 Å². The summed E-state index contributed by atoms with van der Waals surface area (Å²) in [4.78, 5) is 14.4. The minimum Gasteiger partial charge on any atom is -0.494 e. The van der Waals surface area contributed by atoms with Crippen LogP contribution >= 0.6 is 0 Å². The Hall–Kier alpha value is -1.75. The van der Waals surface area contributed by atoms with Crippen molar-refractivity contribution in [3.63, 3.8) is 0 Å². The zero-order chi connectivity index (χ0) is 15.7. The van der Waals surface area contributed by atoms with E-state index >= 15 is 0 Å². The van der Waals surface area contributed by atoms with E-state index in [0.29, 0.717) is 12.3 Å². The first-order valence-corrected chi connectivity index (χ1v) is 7.50. The Morgan fingerprint density at radius 2 is 1.76 bits per heavy atom. The molecule has 0 spiro atoms. The molecule has 0 heterocycles. The van der Waals surface area contributed by atoms with Crippen molar-refractivity contribution in [1.82, 2.24) is 4.90 Å². The van der Waals surface area contributed by atoms with Crippen LogP contribution in [0.4, 0.5) is 10.5 Å². The van der Waals surface area contributed by atoms with E-state index in [0.717, 1.165) is 38.2 Å². The minimum atomic E-state index is -0.972. The molecular formula is C16H26N2O3. The number of ether oxygens (including phenoxy) is 1. The van der Waals surface area contributed by atoms with E-state index in [4.69, 9.17) is 9.84 Å². The molecule has 0 atom stereocenters. The number of benzene rings is 1. The summed E-state index contributed by atoms with van der Waals surface area (Å²) in [6.45, 7) is 8.34. The lowest BCUT2D eigenvalue weighted by molar-refractivity contribution is 0.203. The number of carbonyl (C=O) groups is 1. The number of anilines is 1. The lowest BCUT2D eigenvalue weighted by Crippen LogP contribution is -2.24. The van der Waals surface area contributed by atoms with E-state index in [9.17, 15) is 4.79 Å². The predicted molar refractivity (Wildman–Crippen MR) is 85.4 cm³/mol. The van der Waals surface area contributed by atoms with Gasteiger partial charge < -0.3 is 14.7 Å². The summed E-state index contributed by atoms with van der Waals surface area (Å²) in [5.41, 5.74) is 0.636. The Kier molecular flexibility index (Phi) is 7.61. The zero-order valence-corrected chi connectivity index (χ0v) is 13.2. The van der Waals surface area contributed by atoms with Gasteiger partial charge in [0.25, 0.3) is 0 Å². The standard InChI is InChI=1S/C16H26N2O3/c1-4-18(5-2)12-6-7-13-21-15-10-8-14(9-11-15)17(3)16(19)20/h8-11H,4-7,12-13H2,1-3H3,(H,19,20). The van der Waals surface area contributed by atoms with E-state index < -0.39 is 6.09 Å². The maximum atomic E-state index is 10.8. The van der Waals surface area contributed by atoms with Crippen molar-refractivity contribution in [3.8, 4) is 5.75 Å². The number of carboxylic acid groups (broad SMARTS) is 1. The average Bonchev–Trinajstić information content (AvgIpc) is 2.50. The molecule has 0 aliphatic rings. The maximum Gasteiger partial charge on any atom is 0.411 e. The molecule has 5 heteroatoms. The van der Waals surface area contributed by atoms with Gasteiger partial charge in [-0.1, -0.05) is 13.8 Å². The van der Waals surface area contributed by atoms with Gasteiger partial charge in [-0.25, -0.2) is 4.79 Å². The van der Waals surface area contributed by atoms with Crippen LogP contribution < -0.4 is 9.64 Å². The summed E-state index contributed by atoms with van der Waals surface area (Å²) >= 11 is 0. The van der Waals surface area contributed by atoms with Gasteiger partial charge in [-0.2, -0.15) is 0 Å². The Bertz CT molecular complexity index is 416. The van der Waals surface area contributed by atoms with Crippen LogP contribution in [-0.2, 0) is 0 Å². The van der Waals surface area contributed by atoms with E-state index in [2.05, 4.69) is 18.7 Å². The summed E-state index contributed by atoms with van der Waals surface area (Å²) in [5.74, 6) is 0.778. The van der Waals surface area contributed by atoms with Crippen LogP contribution in [0.25, 0.3) is 0 Å². The third-order valence-electron chi connectivity index (χ3n) is 3.54. The van der Waals surface area contributed by atoms with Crippen LogP contribution in [0.1, 0.15) is 26.7 Å². The van der Waals surface area contributed by atoms with Crippen LogP contribution in [0.3, 0.4) is 0 Å². The number of unbranched alkanes of at least 4 members (excludes halogenated alkanes) is 1. The molecule has 118 valence electrons. The van der Waals surface area contributed by atoms with Gasteiger partial charge >= 0.3 is 6.09 Å². The molecule has 0 bridgehead atoms. The molecule has 1 amide bonds. The Morgan fingerprint density at radius 1 is 1.14 bits per heavy atom. The fraction of sp³-hybridized carbons (Fsp3) is 0.562. The second-order valence-electron chi connectivity index (χ2n) is 4.92. The molecule has 0 aromatic heterocycles. The molecule has 0 radical (unpaired) electrons. The van der Waals surface area contributed by atoms with Crippen molar-refractivity contribution < 1.29 is 14.6 Å². The fourth-order valence-corrected chi connectivity index (χ4v) is 2.04. The summed E-state index contributed by atoms with van der Waals surface area (Å²) in [7, 11) is 1.52. The normalized spacial score (nSPS) is 10.7. The highest BCUT2D eigenvalue weighted by Crippen LogP contribution is 2.18. The molecule has 5 nitrogen and oxygen atoms in total. The maximum absolute atomic E-state index is 10.8. The molecule has 0 saturated carbocycles. The topological polar surface area (TPSA) is 53.0 Å². The minimum absolute atomic E-state index is 0.636. The van der Waals surface area contributed by atoms with E-state index in [-0.39, 0.29) is 0 Å². The van der Waals surface area contributed by atoms with Crippen LogP contribution in [0.2, 0.25) is 0 Å². The largest absolute Gasteiger partial charge is 0.494 e. The molecule has 0 saturated heterocycles.